The Kier molecular flexibility index (Phi) is 5.08. The standard InChI is InChI=1S/C21H22N2O5S2/c1-21(2)19(20(24)25)23(9-10-29-21)30(26,27)16-7-8-17-14(11-16)12-18(28-17)13-3-5-15(22)6-4-13/h3-8,11-12,19H,9-10,22H2,1-2H3,(H,24,25). The van der Waals surface area contributed by atoms with Gasteiger partial charge >= 0.3 is 5.97 Å². The number of sulfonamides is 1. The monoisotopic (exact) mass is 446 g/mol. The number of furan rings is 1. The highest BCUT2D eigenvalue weighted by atomic mass is 32.2. The quantitative estimate of drug-likeness (QED) is 0.588. The molecule has 9 heteroatoms. The van der Waals surface area contributed by atoms with E-state index < -0.39 is 26.8 Å². The molecule has 3 N–H and O–H groups in total. The van der Waals surface area contributed by atoms with Crippen LogP contribution in [0.1, 0.15) is 13.8 Å². The molecule has 0 radical (unpaired) electrons. The summed E-state index contributed by atoms with van der Waals surface area (Å²) in [4.78, 5) is 12.0. The molecule has 1 atom stereocenters. The summed E-state index contributed by atoms with van der Waals surface area (Å²) >= 11 is 1.47. The van der Waals surface area contributed by atoms with Crippen molar-refractivity contribution in [2.75, 3.05) is 18.0 Å². The molecule has 0 amide bonds. The Morgan fingerprint density at radius 3 is 2.57 bits per heavy atom. The highest BCUT2D eigenvalue weighted by molar-refractivity contribution is 8.00. The van der Waals surface area contributed by atoms with Crippen LogP contribution in [0.15, 0.2) is 57.8 Å². The van der Waals surface area contributed by atoms with Crippen molar-refractivity contribution in [3.8, 4) is 11.3 Å². The van der Waals surface area contributed by atoms with Crippen LogP contribution in [0.4, 0.5) is 5.69 Å². The van der Waals surface area contributed by atoms with Crippen molar-refractivity contribution in [2.24, 2.45) is 0 Å². The second-order valence-corrected chi connectivity index (χ2v) is 11.4. The van der Waals surface area contributed by atoms with Gasteiger partial charge in [-0.2, -0.15) is 16.1 Å². The van der Waals surface area contributed by atoms with Crippen LogP contribution in [0, 0.1) is 0 Å². The number of carboxylic acids is 1. The van der Waals surface area contributed by atoms with Crippen LogP contribution in [0.2, 0.25) is 0 Å². The molecule has 2 aromatic carbocycles. The third kappa shape index (κ3) is 3.57. The zero-order valence-corrected chi connectivity index (χ0v) is 18.2. The molecule has 0 bridgehead atoms. The number of carbonyl (C=O) groups is 1. The first-order chi connectivity index (χ1) is 14.1. The van der Waals surface area contributed by atoms with Gasteiger partial charge in [0.2, 0.25) is 10.0 Å². The number of rotatable bonds is 4. The summed E-state index contributed by atoms with van der Waals surface area (Å²) in [5.41, 5.74) is 7.73. The van der Waals surface area contributed by atoms with E-state index in [1.807, 2.05) is 12.1 Å². The molecule has 1 aliphatic rings. The largest absolute Gasteiger partial charge is 0.480 e. The Bertz CT molecular complexity index is 1220. The summed E-state index contributed by atoms with van der Waals surface area (Å²) in [5, 5.41) is 10.4. The zero-order valence-electron chi connectivity index (χ0n) is 16.5. The fraction of sp³-hybridized carbons (Fsp3) is 0.286. The predicted octanol–water partition coefficient (Wildman–Crippen LogP) is 3.65. The average Bonchev–Trinajstić information content (AvgIpc) is 3.10. The number of thioether (sulfide) groups is 1. The zero-order chi connectivity index (χ0) is 21.7. The number of hydrogen-bond donors (Lipinski definition) is 2. The molecule has 3 aromatic rings. The fourth-order valence-corrected chi connectivity index (χ4v) is 6.87. The highest BCUT2D eigenvalue weighted by Crippen LogP contribution is 2.39. The van der Waals surface area contributed by atoms with Gasteiger partial charge in [-0.15, -0.1) is 0 Å². The molecule has 7 nitrogen and oxygen atoms in total. The van der Waals surface area contributed by atoms with Crippen molar-refractivity contribution in [3.63, 3.8) is 0 Å². The fourth-order valence-electron chi connectivity index (χ4n) is 3.74. The van der Waals surface area contributed by atoms with E-state index in [9.17, 15) is 18.3 Å². The summed E-state index contributed by atoms with van der Waals surface area (Å²) in [5.74, 6) is -0.0186. The van der Waals surface area contributed by atoms with E-state index in [0.717, 1.165) is 9.87 Å². The highest BCUT2D eigenvalue weighted by Gasteiger charge is 2.48. The van der Waals surface area contributed by atoms with Crippen molar-refractivity contribution < 1.29 is 22.7 Å². The van der Waals surface area contributed by atoms with Crippen molar-refractivity contribution in [1.82, 2.24) is 4.31 Å². The van der Waals surface area contributed by atoms with E-state index in [0.29, 0.717) is 28.2 Å². The number of nitrogens with zero attached hydrogens (tertiary/aromatic N) is 1. The molecular formula is C21H22N2O5S2. The summed E-state index contributed by atoms with van der Waals surface area (Å²) in [6, 6.07) is 12.4. The maximum atomic E-state index is 13.4. The molecule has 1 saturated heterocycles. The van der Waals surface area contributed by atoms with Crippen molar-refractivity contribution in [2.45, 2.75) is 29.5 Å². The van der Waals surface area contributed by atoms with Crippen LogP contribution in [-0.4, -0.2) is 46.9 Å². The third-order valence-corrected chi connectivity index (χ3v) is 8.47. The van der Waals surface area contributed by atoms with Gasteiger partial charge in [0.1, 0.15) is 17.4 Å². The van der Waals surface area contributed by atoms with Gasteiger partial charge < -0.3 is 15.3 Å². The predicted molar refractivity (Wildman–Crippen MR) is 118 cm³/mol. The molecule has 158 valence electrons. The molecule has 1 fully saturated rings. The summed E-state index contributed by atoms with van der Waals surface area (Å²) in [7, 11) is -4.00. The van der Waals surface area contributed by atoms with Crippen LogP contribution >= 0.6 is 11.8 Å². The van der Waals surface area contributed by atoms with Crippen molar-refractivity contribution in [3.05, 3.63) is 48.5 Å². The van der Waals surface area contributed by atoms with Gasteiger partial charge in [0, 0.05) is 33.7 Å². The topological polar surface area (TPSA) is 114 Å². The summed E-state index contributed by atoms with van der Waals surface area (Å²) < 4.78 is 32.9. The number of anilines is 1. The van der Waals surface area contributed by atoms with Crippen molar-refractivity contribution >= 4 is 44.4 Å². The first-order valence-electron chi connectivity index (χ1n) is 9.38. The molecule has 0 saturated carbocycles. The molecule has 2 heterocycles. The lowest BCUT2D eigenvalue weighted by atomic mass is 10.0. The minimum absolute atomic E-state index is 0.0496. The van der Waals surface area contributed by atoms with Crippen LogP contribution in [0.5, 0.6) is 0 Å². The van der Waals surface area contributed by atoms with Gasteiger partial charge in [-0.25, -0.2) is 8.42 Å². The molecule has 1 aromatic heterocycles. The van der Waals surface area contributed by atoms with Gasteiger partial charge in [-0.3, -0.25) is 4.79 Å². The number of aliphatic carboxylic acids is 1. The first-order valence-corrected chi connectivity index (χ1v) is 11.8. The second-order valence-electron chi connectivity index (χ2n) is 7.74. The third-order valence-electron chi connectivity index (χ3n) is 5.26. The Balaban J connectivity index is 1.74. The van der Waals surface area contributed by atoms with Gasteiger partial charge in [-0.05, 0) is 62.4 Å². The molecule has 1 aliphatic heterocycles. The summed E-state index contributed by atoms with van der Waals surface area (Å²) in [6.45, 7) is 3.67. The number of fused-ring (bicyclic) bond motifs is 1. The number of carboxylic acid groups (broad SMARTS) is 1. The lowest BCUT2D eigenvalue weighted by Crippen LogP contribution is -2.58. The second kappa shape index (κ2) is 7.33. The maximum Gasteiger partial charge on any atom is 0.323 e. The van der Waals surface area contributed by atoms with Gasteiger partial charge in [0.15, 0.2) is 0 Å². The van der Waals surface area contributed by atoms with E-state index in [1.165, 1.54) is 23.9 Å². The molecule has 4 rings (SSSR count). The molecule has 1 unspecified atom stereocenters. The molecule has 0 spiro atoms. The number of hydrogen-bond acceptors (Lipinski definition) is 6. The normalized spacial score (nSPS) is 19.7. The van der Waals surface area contributed by atoms with E-state index >= 15 is 0 Å². The van der Waals surface area contributed by atoms with E-state index in [2.05, 4.69) is 0 Å². The van der Waals surface area contributed by atoms with Gasteiger partial charge in [-0.1, -0.05) is 0 Å². The maximum absolute atomic E-state index is 13.4. The van der Waals surface area contributed by atoms with E-state index in [1.54, 1.807) is 38.1 Å². The van der Waals surface area contributed by atoms with E-state index in [4.69, 9.17) is 10.2 Å². The molecule has 30 heavy (non-hydrogen) atoms. The van der Waals surface area contributed by atoms with Crippen LogP contribution in [0.25, 0.3) is 22.3 Å². The molecule has 0 aliphatic carbocycles. The lowest BCUT2D eigenvalue weighted by molar-refractivity contribution is -0.142. The molecular weight excluding hydrogens is 424 g/mol. The Morgan fingerprint density at radius 1 is 1.20 bits per heavy atom. The van der Waals surface area contributed by atoms with E-state index in [-0.39, 0.29) is 11.4 Å². The van der Waals surface area contributed by atoms with Crippen molar-refractivity contribution in [1.29, 1.82) is 0 Å². The number of benzene rings is 2. The Labute approximate surface area is 178 Å². The lowest BCUT2D eigenvalue weighted by Gasteiger charge is -2.42. The average molecular weight is 447 g/mol. The van der Waals surface area contributed by atoms with Crippen LogP contribution < -0.4 is 5.73 Å². The number of nitrogens with two attached hydrogens (primary N) is 1. The SMILES string of the molecule is CC1(C)SCCN(S(=O)(=O)c2ccc3oc(-c4ccc(N)cc4)cc3c2)C1C(=O)O. The minimum atomic E-state index is -4.00. The number of nitrogen functional groups attached to an aromatic ring is 1. The smallest absolute Gasteiger partial charge is 0.323 e. The van der Waals surface area contributed by atoms with Crippen LogP contribution in [0.3, 0.4) is 0 Å². The Hall–Kier alpha value is -2.49. The van der Waals surface area contributed by atoms with Crippen LogP contribution in [-0.2, 0) is 14.8 Å². The van der Waals surface area contributed by atoms with Gasteiger partial charge in [0.25, 0.3) is 0 Å². The van der Waals surface area contributed by atoms with Gasteiger partial charge in [0.05, 0.1) is 4.90 Å². The summed E-state index contributed by atoms with van der Waals surface area (Å²) in [6.07, 6.45) is 0. The Morgan fingerprint density at radius 2 is 1.90 bits per heavy atom. The minimum Gasteiger partial charge on any atom is -0.480 e. The first kappa shape index (κ1) is 20.8.